The van der Waals surface area contributed by atoms with E-state index in [4.69, 9.17) is 9.47 Å². The third kappa shape index (κ3) is 5.21. The Kier molecular flexibility index (Phi) is 6.99. The van der Waals surface area contributed by atoms with Crippen LogP contribution in [0.5, 0.6) is 11.5 Å². The molecule has 2 aromatic carbocycles. The van der Waals surface area contributed by atoms with Crippen LogP contribution in [0.25, 0.3) is 22.9 Å². The van der Waals surface area contributed by atoms with Crippen LogP contribution < -0.4 is 9.47 Å². The van der Waals surface area contributed by atoms with Gasteiger partial charge in [-0.25, -0.2) is 9.37 Å². The summed E-state index contributed by atoms with van der Waals surface area (Å²) in [4.78, 5) is 4.54. The normalized spacial score (nSPS) is 11.2. The van der Waals surface area contributed by atoms with E-state index in [1.54, 1.807) is 25.3 Å². The molecule has 0 saturated heterocycles. The molecule has 0 aliphatic carbocycles. The van der Waals surface area contributed by atoms with Crippen LogP contribution in [0, 0.1) is 17.1 Å². The topological polar surface area (TPSA) is 55.1 Å². The maximum Gasteiger partial charge on any atom is 0.161 e. The summed E-state index contributed by atoms with van der Waals surface area (Å²) in [5, 5.41) is 12.1. The maximum atomic E-state index is 13.1. The Morgan fingerprint density at radius 2 is 2.00 bits per heavy atom. The zero-order chi connectivity index (χ0) is 20.6. The van der Waals surface area contributed by atoms with Crippen LogP contribution in [0.2, 0.25) is 0 Å². The smallest absolute Gasteiger partial charge is 0.161 e. The zero-order valence-corrected chi connectivity index (χ0v) is 17.1. The molecule has 0 spiro atoms. The van der Waals surface area contributed by atoms with Gasteiger partial charge in [0.05, 0.1) is 25.0 Å². The second-order valence-electron chi connectivity index (χ2n) is 6.33. The number of aromatic nitrogens is 1. The minimum atomic E-state index is -0.294. The summed E-state index contributed by atoms with van der Waals surface area (Å²) in [6, 6.07) is 13.9. The molecule has 0 atom stereocenters. The van der Waals surface area contributed by atoms with Gasteiger partial charge in [0.1, 0.15) is 16.9 Å². The van der Waals surface area contributed by atoms with Crippen LogP contribution in [-0.4, -0.2) is 18.7 Å². The van der Waals surface area contributed by atoms with Gasteiger partial charge in [-0.05, 0) is 54.5 Å². The molecular weight excluding hydrogens is 387 g/mol. The first kappa shape index (κ1) is 20.6. The third-order valence-corrected chi connectivity index (χ3v) is 5.12. The second-order valence-corrected chi connectivity index (χ2v) is 7.19. The lowest BCUT2D eigenvalue weighted by Crippen LogP contribution is -1.99. The van der Waals surface area contributed by atoms with Crippen LogP contribution in [0.1, 0.15) is 30.3 Å². The minimum Gasteiger partial charge on any atom is -0.493 e. The first-order valence-electron chi connectivity index (χ1n) is 9.29. The Hall–Kier alpha value is -3.17. The molecule has 0 radical (unpaired) electrons. The molecule has 1 aromatic heterocycles. The predicted octanol–water partition coefficient (Wildman–Crippen LogP) is 6.20. The van der Waals surface area contributed by atoms with Crippen molar-refractivity contribution < 1.29 is 13.9 Å². The van der Waals surface area contributed by atoms with Gasteiger partial charge < -0.3 is 9.47 Å². The molecule has 0 N–H and O–H groups in total. The number of hydrogen-bond acceptors (Lipinski definition) is 5. The molecule has 3 aromatic rings. The van der Waals surface area contributed by atoms with E-state index in [2.05, 4.69) is 18.0 Å². The highest BCUT2D eigenvalue weighted by Gasteiger charge is 2.11. The van der Waals surface area contributed by atoms with Gasteiger partial charge >= 0.3 is 0 Å². The Bertz CT molecular complexity index is 1040. The van der Waals surface area contributed by atoms with E-state index in [0.29, 0.717) is 34.4 Å². The average molecular weight is 408 g/mol. The number of halogens is 1. The molecule has 0 unspecified atom stereocenters. The van der Waals surface area contributed by atoms with E-state index >= 15 is 0 Å². The van der Waals surface area contributed by atoms with Gasteiger partial charge in [0.15, 0.2) is 11.5 Å². The van der Waals surface area contributed by atoms with Gasteiger partial charge in [-0.3, -0.25) is 0 Å². The van der Waals surface area contributed by atoms with Crippen molar-refractivity contribution in [1.29, 1.82) is 5.26 Å². The number of allylic oxidation sites excluding steroid dienone is 1. The summed E-state index contributed by atoms with van der Waals surface area (Å²) in [6.07, 6.45) is 3.80. The molecule has 0 aliphatic rings. The summed E-state index contributed by atoms with van der Waals surface area (Å²) in [5.74, 6) is 1.01. The number of thiazole rings is 1. The third-order valence-electron chi connectivity index (χ3n) is 4.25. The Labute approximate surface area is 173 Å². The van der Waals surface area contributed by atoms with E-state index < -0.39 is 0 Å². The van der Waals surface area contributed by atoms with Gasteiger partial charge in [-0.15, -0.1) is 11.3 Å². The van der Waals surface area contributed by atoms with Crippen LogP contribution in [0.4, 0.5) is 4.39 Å². The Balaban J connectivity index is 1.84. The number of hydrogen-bond donors (Lipinski definition) is 0. The van der Waals surface area contributed by atoms with Crippen molar-refractivity contribution >= 4 is 23.0 Å². The fourth-order valence-corrected chi connectivity index (χ4v) is 3.47. The zero-order valence-electron chi connectivity index (χ0n) is 16.3. The first-order chi connectivity index (χ1) is 14.1. The van der Waals surface area contributed by atoms with Gasteiger partial charge in [-0.1, -0.05) is 19.4 Å². The summed E-state index contributed by atoms with van der Waals surface area (Å²) in [6.45, 7) is 2.74. The molecule has 0 saturated carbocycles. The van der Waals surface area contributed by atoms with Crippen molar-refractivity contribution in [3.05, 3.63) is 64.2 Å². The standard InChI is InChI=1S/C23H21FN2O2S/c1-3-4-11-28-21-10-5-16(13-22(21)27-2)12-18(14-25)23-26-20(15-29-23)17-6-8-19(24)9-7-17/h5-10,12-13,15H,3-4,11H2,1-2H3/b18-12+. The predicted molar refractivity (Wildman–Crippen MR) is 114 cm³/mol. The molecule has 0 bridgehead atoms. The van der Waals surface area contributed by atoms with E-state index in [-0.39, 0.29) is 5.82 Å². The molecule has 0 fully saturated rings. The maximum absolute atomic E-state index is 13.1. The molecule has 6 heteroatoms. The lowest BCUT2D eigenvalue weighted by atomic mass is 10.1. The quantitative estimate of drug-likeness (QED) is 0.329. The van der Waals surface area contributed by atoms with E-state index in [1.807, 2.05) is 23.6 Å². The number of nitriles is 1. The van der Waals surface area contributed by atoms with Crippen molar-refractivity contribution in [1.82, 2.24) is 4.98 Å². The van der Waals surface area contributed by atoms with E-state index in [9.17, 15) is 9.65 Å². The molecular formula is C23H21FN2O2S. The lowest BCUT2D eigenvalue weighted by Gasteiger charge is -2.11. The van der Waals surface area contributed by atoms with Gasteiger partial charge in [0.25, 0.3) is 0 Å². The van der Waals surface area contributed by atoms with Crippen LogP contribution in [-0.2, 0) is 0 Å². The van der Waals surface area contributed by atoms with Gasteiger partial charge in [-0.2, -0.15) is 5.26 Å². The van der Waals surface area contributed by atoms with Crippen molar-refractivity contribution in [2.45, 2.75) is 19.8 Å². The highest BCUT2D eigenvalue weighted by atomic mass is 32.1. The average Bonchev–Trinajstić information content (AvgIpc) is 3.23. The first-order valence-corrected chi connectivity index (χ1v) is 10.2. The monoisotopic (exact) mass is 408 g/mol. The minimum absolute atomic E-state index is 0.294. The van der Waals surface area contributed by atoms with Crippen LogP contribution in [0.3, 0.4) is 0 Å². The number of methoxy groups -OCH3 is 1. The van der Waals surface area contributed by atoms with Crippen LogP contribution in [0.15, 0.2) is 47.8 Å². The summed E-state index contributed by atoms with van der Waals surface area (Å²) < 4.78 is 24.3. The molecule has 29 heavy (non-hydrogen) atoms. The highest BCUT2D eigenvalue weighted by Crippen LogP contribution is 2.31. The lowest BCUT2D eigenvalue weighted by molar-refractivity contribution is 0.288. The molecule has 1 heterocycles. The fraction of sp³-hybridized carbons (Fsp3) is 0.217. The van der Waals surface area contributed by atoms with E-state index in [0.717, 1.165) is 24.0 Å². The summed E-state index contributed by atoms with van der Waals surface area (Å²) >= 11 is 1.38. The van der Waals surface area contributed by atoms with E-state index in [1.165, 1.54) is 23.5 Å². The largest absolute Gasteiger partial charge is 0.493 e. The summed E-state index contributed by atoms with van der Waals surface area (Å²) in [7, 11) is 1.59. The van der Waals surface area contributed by atoms with Crippen molar-refractivity contribution in [3.63, 3.8) is 0 Å². The molecule has 4 nitrogen and oxygen atoms in total. The Morgan fingerprint density at radius 3 is 2.69 bits per heavy atom. The van der Waals surface area contributed by atoms with Crippen molar-refractivity contribution in [2.75, 3.05) is 13.7 Å². The number of benzene rings is 2. The van der Waals surface area contributed by atoms with Gasteiger partial charge in [0, 0.05) is 10.9 Å². The highest BCUT2D eigenvalue weighted by molar-refractivity contribution is 7.11. The van der Waals surface area contributed by atoms with Gasteiger partial charge in [0.2, 0.25) is 0 Å². The number of rotatable bonds is 8. The van der Waals surface area contributed by atoms with Crippen LogP contribution >= 0.6 is 11.3 Å². The number of unbranched alkanes of at least 4 members (excludes halogenated alkanes) is 1. The number of nitrogens with zero attached hydrogens (tertiary/aromatic N) is 2. The SMILES string of the molecule is CCCCOc1ccc(/C=C(\C#N)c2nc(-c3ccc(F)cc3)cs2)cc1OC. The summed E-state index contributed by atoms with van der Waals surface area (Å²) in [5.41, 5.74) is 2.79. The van der Waals surface area contributed by atoms with Crippen molar-refractivity contribution in [2.24, 2.45) is 0 Å². The number of ether oxygens (including phenoxy) is 2. The van der Waals surface area contributed by atoms with Crippen molar-refractivity contribution in [3.8, 4) is 28.8 Å². The molecule has 148 valence electrons. The second kappa shape index (κ2) is 9.85. The fourth-order valence-electron chi connectivity index (χ4n) is 2.68. The molecule has 0 aliphatic heterocycles. The molecule has 3 rings (SSSR count). The Morgan fingerprint density at radius 1 is 1.21 bits per heavy atom. The molecule has 0 amide bonds.